The first-order chi connectivity index (χ1) is 12.1. The van der Waals surface area contributed by atoms with Crippen LogP contribution < -0.4 is 10.1 Å². The van der Waals surface area contributed by atoms with Gasteiger partial charge in [0.15, 0.2) is 0 Å². The van der Waals surface area contributed by atoms with Crippen LogP contribution in [-0.4, -0.2) is 35.0 Å². The van der Waals surface area contributed by atoms with Crippen molar-refractivity contribution in [2.45, 2.75) is 50.0 Å². The molecule has 6 nitrogen and oxygen atoms in total. The summed E-state index contributed by atoms with van der Waals surface area (Å²) in [6, 6.07) is 7.71. The van der Waals surface area contributed by atoms with Gasteiger partial charge in [-0.2, -0.15) is 0 Å². The van der Waals surface area contributed by atoms with Gasteiger partial charge in [-0.3, -0.25) is 4.79 Å². The maximum Gasteiger partial charge on any atom is 0.277 e. The molecule has 0 aliphatic carbocycles. The average molecular weight is 363 g/mol. The summed E-state index contributed by atoms with van der Waals surface area (Å²) >= 11 is 1.28. The summed E-state index contributed by atoms with van der Waals surface area (Å²) in [6.07, 6.45) is 3.82. The molecule has 0 radical (unpaired) electrons. The van der Waals surface area contributed by atoms with Crippen LogP contribution in [0.5, 0.6) is 5.75 Å². The lowest BCUT2D eigenvalue weighted by Gasteiger charge is -2.09. The molecule has 1 aromatic heterocycles. The van der Waals surface area contributed by atoms with E-state index in [2.05, 4.69) is 22.4 Å². The van der Waals surface area contributed by atoms with Crippen molar-refractivity contribution in [3.05, 3.63) is 35.7 Å². The third kappa shape index (κ3) is 6.42. The van der Waals surface area contributed by atoms with E-state index in [4.69, 9.17) is 9.15 Å². The Kier molecular flexibility index (Phi) is 7.78. The van der Waals surface area contributed by atoms with Crippen LogP contribution in [0.2, 0.25) is 0 Å². The van der Waals surface area contributed by atoms with Crippen LogP contribution in [0, 0.1) is 0 Å². The van der Waals surface area contributed by atoms with Gasteiger partial charge in [-0.05, 0) is 31.0 Å². The van der Waals surface area contributed by atoms with E-state index in [0.29, 0.717) is 24.1 Å². The molecule has 25 heavy (non-hydrogen) atoms. The number of hydrogen-bond donors (Lipinski definition) is 1. The zero-order valence-corrected chi connectivity index (χ0v) is 15.8. The fourth-order valence-corrected chi connectivity index (χ4v) is 2.94. The molecule has 1 aromatic carbocycles. The lowest BCUT2D eigenvalue weighted by Crippen LogP contribution is -2.31. The molecule has 0 fully saturated rings. The molecule has 0 spiro atoms. The Morgan fingerprint density at radius 1 is 1.28 bits per heavy atom. The number of nitrogens with one attached hydrogen (secondary N) is 1. The van der Waals surface area contributed by atoms with Crippen LogP contribution in [-0.2, 0) is 11.2 Å². The van der Waals surface area contributed by atoms with E-state index in [9.17, 15) is 4.79 Å². The zero-order chi connectivity index (χ0) is 18.1. The smallest absolute Gasteiger partial charge is 0.277 e. The summed E-state index contributed by atoms with van der Waals surface area (Å²) in [6.45, 7) is 4.69. The predicted molar refractivity (Wildman–Crippen MR) is 98.0 cm³/mol. The second kappa shape index (κ2) is 10.1. The molecule has 2 rings (SSSR count). The Bertz CT molecular complexity index is 658. The number of benzene rings is 1. The van der Waals surface area contributed by atoms with E-state index < -0.39 is 0 Å². The Morgan fingerprint density at radius 3 is 2.72 bits per heavy atom. The summed E-state index contributed by atoms with van der Waals surface area (Å²) in [5.41, 5.74) is 1.06. The number of carbonyl (C=O) groups excluding carboxylic acids is 1. The van der Waals surface area contributed by atoms with Crippen LogP contribution in [0.1, 0.15) is 44.6 Å². The highest BCUT2D eigenvalue weighted by Gasteiger charge is 2.18. The first kappa shape index (κ1) is 19.3. The van der Waals surface area contributed by atoms with Crippen LogP contribution in [0.25, 0.3) is 0 Å². The van der Waals surface area contributed by atoms with Crippen molar-refractivity contribution in [2.75, 3.05) is 13.7 Å². The number of unbranched alkanes of at least 4 members (excludes halogenated alkanes) is 2. The minimum atomic E-state index is -0.268. The Balaban J connectivity index is 1.82. The van der Waals surface area contributed by atoms with E-state index in [1.165, 1.54) is 11.8 Å². The highest BCUT2D eigenvalue weighted by molar-refractivity contribution is 8.00. The van der Waals surface area contributed by atoms with E-state index >= 15 is 0 Å². The number of thioether (sulfide) groups is 1. The van der Waals surface area contributed by atoms with Crippen molar-refractivity contribution in [1.29, 1.82) is 0 Å². The second-order valence-electron chi connectivity index (χ2n) is 5.74. The quantitative estimate of drug-likeness (QED) is 0.514. The van der Waals surface area contributed by atoms with Gasteiger partial charge in [0.05, 0.1) is 18.8 Å². The molecule has 136 valence electrons. The van der Waals surface area contributed by atoms with Crippen molar-refractivity contribution < 1.29 is 13.9 Å². The summed E-state index contributed by atoms with van der Waals surface area (Å²) in [4.78, 5) is 12.0. The number of hydrogen-bond acceptors (Lipinski definition) is 6. The molecule has 0 aliphatic heterocycles. The first-order valence-corrected chi connectivity index (χ1v) is 9.40. The molecule has 1 amide bonds. The molecule has 0 saturated carbocycles. The largest absolute Gasteiger partial charge is 0.497 e. The molecule has 0 saturated heterocycles. The summed E-state index contributed by atoms with van der Waals surface area (Å²) < 4.78 is 10.8. The van der Waals surface area contributed by atoms with Crippen molar-refractivity contribution in [3.63, 3.8) is 0 Å². The molecule has 1 N–H and O–H groups in total. The predicted octanol–water partition coefficient (Wildman–Crippen LogP) is 3.46. The van der Waals surface area contributed by atoms with E-state index in [1.807, 2.05) is 31.2 Å². The second-order valence-corrected chi connectivity index (χ2v) is 7.04. The Hall–Kier alpha value is -2.02. The molecule has 0 bridgehead atoms. The van der Waals surface area contributed by atoms with E-state index in [-0.39, 0.29) is 11.2 Å². The van der Waals surface area contributed by atoms with Gasteiger partial charge in [-0.15, -0.1) is 10.2 Å². The third-order valence-electron chi connectivity index (χ3n) is 3.69. The normalized spacial score (nSPS) is 12.0. The molecule has 1 heterocycles. The Labute approximate surface area is 152 Å². The standard InChI is InChI=1S/C18H25N3O3S/c1-4-5-6-11-19-17(22)13(2)25-18-21-20-16(24-18)12-14-7-9-15(23-3)10-8-14/h7-10,13H,4-6,11-12H2,1-3H3,(H,19,22). The third-order valence-corrected chi connectivity index (χ3v) is 4.62. The number of nitrogens with zero attached hydrogens (tertiary/aromatic N) is 2. The molecular formula is C18H25N3O3S. The molecule has 1 unspecified atom stereocenters. The van der Waals surface area contributed by atoms with E-state index in [1.54, 1.807) is 7.11 Å². The van der Waals surface area contributed by atoms with Crippen molar-refractivity contribution >= 4 is 17.7 Å². The van der Waals surface area contributed by atoms with Gasteiger partial charge in [0, 0.05) is 6.54 Å². The van der Waals surface area contributed by atoms with Crippen molar-refractivity contribution in [2.24, 2.45) is 0 Å². The number of aromatic nitrogens is 2. The zero-order valence-electron chi connectivity index (χ0n) is 14.9. The van der Waals surface area contributed by atoms with Gasteiger partial charge in [0.25, 0.3) is 5.22 Å². The summed E-state index contributed by atoms with van der Waals surface area (Å²) in [5, 5.41) is 11.2. The number of carbonyl (C=O) groups is 1. The van der Waals surface area contributed by atoms with Crippen LogP contribution in [0.4, 0.5) is 0 Å². The molecule has 2 aromatic rings. The minimum Gasteiger partial charge on any atom is -0.497 e. The van der Waals surface area contributed by atoms with Gasteiger partial charge in [0.2, 0.25) is 11.8 Å². The average Bonchev–Trinajstić information content (AvgIpc) is 3.06. The van der Waals surface area contributed by atoms with Crippen LogP contribution in [0.3, 0.4) is 0 Å². The van der Waals surface area contributed by atoms with Crippen LogP contribution in [0.15, 0.2) is 33.9 Å². The number of ether oxygens (including phenoxy) is 1. The summed E-state index contributed by atoms with van der Waals surface area (Å²) in [5.74, 6) is 1.34. The monoisotopic (exact) mass is 363 g/mol. The fraction of sp³-hybridized carbons (Fsp3) is 0.500. The Morgan fingerprint density at radius 2 is 2.04 bits per heavy atom. The highest BCUT2D eigenvalue weighted by Crippen LogP contribution is 2.23. The van der Waals surface area contributed by atoms with Gasteiger partial charge < -0.3 is 14.5 Å². The topological polar surface area (TPSA) is 77.2 Å². The number of methoxy groups -OCH3 is 1. The fourth-order valence-electron chi connectivity index (χ4n) is 2.21. The molecule has 1 atom stereocenters. The van der Waals surface area contributed by atoms with Crippen LogP contribution >= 0.6 is 11.8 Å². The van der Waals surface area contributed by atoms with Gasteiger partial charge in [-0.25, -0.2) is 0 Å². The number of rotatable bonds is 10. The molecule has 0 aliphatic rings. The molecular weight excluding hydrogens is 338 g/mol. The summed E-state index contributed by atoms with van der Waals surface area (Å²) in [7, 11) is 1.64. The SMILES string of the molecule is CCCCCNC(=O)C(C)Sc1nnc(Cc2ccc(OC)cc2)o1. The van der Waals surface area contributed by atoms with Crippen molar-refractivity contribution in [3.8, 4) is 5.75 Å². The first-order valence-electron chi connectivity index (χ1n) is 8.52. The lowest BCUT2D eigenvalue weighted by molar-refractivity contribution is -0.120. The number of amides is 1. The minimum absolute atomic E-state index is 0.00370. The van der Waals surface area contributed by atoms with Gasteiger partial charge in [0.1, 0.15) is 5.75 Å². The molecule has 7 heteroatoms. The lowest BCUT2D eigenvalue weighted by atomic mass is 10.1. The van der Waals surface area contributed by atoms with Crippen molar-refractivity contribution in [1.82, 2.24) is 15.5 Å². The maximum atomic E-state index is 12.0. The van der Waals surface area contributed by atoms with Gasteiger partial charge in [-0.1, -0.05) is 43.7 Å². The maximum absolute atomic E-state index is 12.0. The van der Waals surface area contributed by atoms with E-state index in [0.717, 1.165) is 30.6 Å². The highest BCUT2D eigenvalue weighted by atomic mass is 32.2. The van der Waals surface area contributed by atoms with Gasteiger partial charge >= 0.3 is 0 Å².